The average Bonchev–Trinajstić information content (AvgIpc) is 3.12. The number of hydrogen-bond acceptors (Lipinski definition) is 6. The van der Waals surface area contributed by atoms with Gasteiger partial charge in [0.25, 0.3) is 5.91 Å². The fourth-order valence-electron chi connectivity index (χ4n) is 2.60. The zero-order valence-electron chi connectivity index (χ0n) is 12.8. The van der Waals surface area contributed by atoms with E-state index in [0.717, 1.165) is 23.5 Å². The normalized spacial score (nSPS) is 16.7. The molecular weight excluding hydrogens is 328 g/mol. The second-order valence-corrected chi connectivity index (χ2v) is 6.87. The van der Waals surface area contributed by atoms with Gasteiger partial charge in [0.2, 0.25) is 0 Å². The van der Waals surface area contributed by atoms with E-state index in [2.05, 4.69) is 10.5 Å². The van der Waals surface area contributed by atoms with Crippen molar-refractivity contribution in [2.45, 2.75) is 24.4 Å². The molecule has 124 valence electrons. The smallest absolute Gasteiger partial charge is 0.273 e. The fourth-order valence-corrected chi connectivity index (χ4v) is 3.45. The molecule has 0 spiro atoms. The van der Waals surface area contributed by atoms with E-state index in [4.69, 9.17) is 8.94 Å². The van der Waals surface area contributed by atoms with Gasteiger partial charge in [-0.25, -0.2) is 0 Å². The Labute approximate surface area is 142 Å². The number of aromatic nitrogens is 1. The molecule has 3 aromatic heterocycles. The predicted molar refractivity (Wildman–Crippen MR) is 86.8 cm³/mol. The van der Waals surface area contributed by atoms with Gasteiger partial charge in [0.15, 0.2) is 5.69 Å². The van der Waals surface area contributed by atoms with Crippen LogP contribution in [0.2, 0.25) is 0 Å². The molecule has 0 aliphatic heterocycles. The molecule has 3 aromatic rings. The molecule has 3 heterocycles. The molecule has 1 unspecified atom stereocenters. The van der Waals surface area contributed by atoms with E-state index in [9.17, 15) is 9.90 Å². The number of thiophene rings is 1. The molecule has 2 N–H and O–H groups in total. The van der Waals surface area contributed by atoms with Crippen LogP contribution < -0.4 is 5.32 Å². The van der Waals surface area contributed by atoms with Crippen LogP contribution in [0.15, 0.2) is 51.1 Å². The molecule has 1 atom stereocenters. The molecule has 1 aliphatic rings. The number of carbonyl (C=O) groups is 1. The van der Waals surface area contributed by atoms with E-state index in [-0.39, 0.29) is 18.1 Å². The van der Waals surface area contributed by atoms with Crippen molar-refractivity contribution < 1.29 is 18.8 Å². The third-order valence-corrected chi connectivity index (χ3v) is 5.19. The molecular formula is C17H16N2O4S. The number of rotatable bonds is 6. The first-order chi connectivity index (χ1) is 11.7. The van der Waals surface area contributed by atoms with Gasteiger partial charge < -0.3 is 19.4 Å². The highest BCUT2D eigenvalue weighted by molar-refractivity contribution is 7.10. The van der Waals surface area contributed by atoms with Crippen LogP contribution in [0, 0.1) is 0 Å². The first kappa shape index (κ1) is 15.2. The summed E-state index contributed by atoms with van der Waals surface area (Å²) >= 11 is 1.41. The molecule has 4 rings (SSSR count). The largest absolute Gasteiger partial charge is 0.472 e. The van der Waals surface area contributed by atoms with Crippen molar-refractivity contribution in [3.63, 3.8) is 0 Å². The summed E-state index contributed by atoms with van der Waals surface area (Å²) in [5.41, 5.74) is -0.526. The minimum absolute atomic E-state index is 0.0114. The minimum atomic E-state index is -1.35. The van der Waals surface area contributed by atoms with Gasteiger partial charge in [-0.05, 0) is 30.4 Å². The minimum Gasteiger partial charge on any atom is -0.472 e. The van der Waals surface area contributed by atoms with Crippen LogP contribution in [0.25, 0.3) is 0 Å². The fraction of sp³-hybridized carbons (Fsp3) is 0.294. The van der Waals surface area contributed by atoms with Crippen LogP contribution in [0.3, 0.4) is 0 Å². The van der Waals surface area contributed by atoms with Crippen molar-refractivity contribution >= 4 is 17.2 Å². The van der Waals surface area contributed by atoms with E-state index in [1.165, 1.54) is 23.9 Å². The zero-order chi connectivity index (χ0) is 16.6. The summed E-state index contributed by atoms with van der Waals surface area (Å²) in [7, 11) is 0. The summed E-state index contributed by atoms with van der Waals surface area (Å²) in [5.74, 6) is 0.778. The Hall–Kier alpha value is -2.38. The van der Waals surface area contributed by atoms with Gasteiger partial charge in [-0.3, -0.25) is 4.79 Å². The maximum absolute atomic E-state index is 12.3. The quantitative estimate of drug-likeness (QED) is 0.718. The lowest BCUT2D eigenvalue weighted by atomic mass is 9.94. The highest BCUT2D eigenvalue weighted by Gasteiger charge is 2.35. The van der Waals surface area contributed by atoms with Crippen molar-refractivity contribution in [1.82, 2.24) is 10.5 Å². The van der Waals surface area contributed by atoms with Gasteiger partial charge in [-0.1, -0.05) is 11.2 Å². The number of aliphatic hydroxyl groups is 1. The Balaban J connectivity index is 1.51. The molecule has 1 aliphatic carbocycles. The summed E-state index contributed by atoms with van der Waals surface area (Å²) in [5, 5.41) is 19.6. The van der Waals surface area contributed by atoms with Crippen LogP contribution in [0.4, 0.5) is 0 Å². The molecule has 6 nitrogen and oxygen atoms in total. The molecule has 7 heteroatoms. The van der Waals surface area contributed by atoms with Crippen LogP contribution in [0.5, 0.6) is 0 Å². The molecule has 0 saturated heterocycles. The maximum atomic E-state index is 12.3. The molecule has 0 bridgehead atoms. The second kappa shape index (κ2) is 5.92. The standard InChI is InChI=1S/C17H16N2O4S/c20-16(13-8-14(23-19-13)11-3-4-11)18-10-17(21,12-5-6-22-9-12)15-2-1-7-24-15/h1-2,5-9,11,21H,3-4,10H2,(H,18,20). The average molecular weight is 344 g/mol. The van der Waals surface area contributed by atoms with E-state index in [0.29, 0.717) is 11.5 Å². The monoisotopic (exact) mass is 344 g/mol. The van der Waals surface area contributed by atoms with Gasteiger partial charge in [-0.2, -0.15) is 0 Å². The molecule has 1 amide bonds. The van der Waals surface area contributed by atoms with Crippen molar-refractivity contribution in [3.05, 3.63) is 64.1 Å². The van der Waals surface area contributed by atoms with E-state index in [1.54, 1.807) is 12.1 Å². The molecule has 0 radical (unpaired) electrons. The molecule has 1 fully saturated rings. The van der Waals surface area contributed by atoms with Gasteiger partial charge in [0, 0.05) is 22.4 Å². The lowest BCUT2D eigenvalue weighted by Gasteiger charge is -2.26. The lowest BCUT2D eigenvalue weighted by molar-refractivity contribution is 0.0709. The van der Waals surface area contributed by atoms with Crippen molar-refractivity contribution in [2.24, 2.45) is 0 Å². The summed E-state index contributed by atoms with van der Waals surface area (Å²) in [6, 6.07) is 7.04. The Bertz CT molecular complexity index is 785. The Kier molecular flexibility index (Phi) is 3.74. The number of carbonyl (C=O) groups excluding carboxylic acids is 1. The van der Waals surface area contributed by atoms with Gasteiger partial charge in [0.1, 0.15) is 11.4 Å². The number of amides is 1. The lowest BCUT2D eigenvalue weighted by Crippen LogP contribution is -2.41. The summed E-state index contributed by atoms with van der Waals surface area (Å²) in [4.78, 5) is 13.0. The van der Waals surface area contributed by atoms with Crippen LogP contribution in [-0.2, 0) is 5.60 Å². The van der Waals surface area contributed by atoms with Crippen molar-refractivity contribution in [1.29, 1.82) is 0 Å². The predicted octanol–water partition coefficient (Wildman–Crippen LogP) is 2.87. The molecule has 1 saturated carbocycles. The summed E-state index contributed by atoms with van der Waals surface area (Å²) in [6.07, 6.45) is 5.13. The van der Waals surface area contributed by atoms with E-state index in [1.807, 2.05) is 17.5 Å². The third kappa shape index (κ3) is 2.76. The van der Waals surface area contributed by atoms with E-state index < -0.39 is 5.60 Å². The topological polar surface area (TPSA) is 88.5 Å². The maximum Gasteiger partial charge on any atom is 0.273 e. The summed E-state index contributed by atoms with van der Waals surface area (Å²) < 4.78 is 10.3. The highest BCUT2D eigenvalue weighted by Crippen LogP contribution is 2.40. The molecule has 24 heavy (non-hydrogen) atoms. The number of nitrogens with one attached hydrogen (secondary N) is 1. The zero-order valence-corrected chi connectivity index (χ0v) is 13.6. The van der Waals surface area contributed by atoms with Gasteiger partial charge in [-0.15, -0.1) is 11.3 Å². The van der Waals surface area contributed by atoms with E-state index >= 15 is 0 Å². The number of nitrogens with zero attached hydrogens (tertiary/aromatic N) is 1. The van der Waals surface area contributed by atoms with Crippen molar-refractivity contribution in [3.8, 4) is 0 Å². The Morgan fingerprint density at radius 3 is 3.00 bits per heavy atom. The van der Waals surface area contributed by atoms with Crippen LogP contribution in [-0.4, -0.2) is 22.7 Å². The van der Waals surface area contributed by atoms with Crippen LogP contribution in [0.1, 0.15) is 45.4 Å². The van der Waals surface area contributed by atoms with Crippen molar-refractivity contribution in [2.75, 3.05) is 6.54 Å². The molecule has 0 aromatic carbocycles. The SMILES string of the molecule is O=C(NCC(O)(c1ccoc1)c1cccs1)c1cc(C2CC2)on1. The summed E-state index contributed by atoms with van der Waals surface area (Å²) in [6.45, 7) is 0.0114. The highest BCUT2D eigenvalue weighted by atomic mass is 32.1. The third-order valence-electron chi connectivity index (χ3n) is 4.17. The Morgan fingerprint density at radius 2 is 2.33 bits per heavy atom. The number of furan rings is 1. The van der Waals surface area contributed by atoms with Crippen LogP contribution >= 0.6 is 11.3 Å². The first-order valence-corrected chi connectivity index (χ1v) is 8.58. The second-order valence-electron chi connectivity index (χ2n) is 5.92. The Morgan fingerprint density at radius 1 is 1.46 bits per heavy atom. The number of hydrogen-bond donors (Lipinski definition) is 2. The van der Waals surface area contributed by atoms with Gasteiger partial charge >= 0.3 is 0 Å². The van der Waals surface area contributed by atoms with Gasteiger partial charge in [0.05, 0.1) is 19.1 Å². The first-order valence-electron chi connectivity index (χ1n) is 7.70.